The molecule has 2 atom stereocenters. The standard InChI is InChI=1S/C20H31FNO8P/c1-20(2,3)30-19(24)22-10-11-28-31(25,15-18(23)26-4)29-14-17(12-21)27-13-16-8-6-5-7-9-16/h5-9,17H,10-15H2,1-4H3,(H,22,24)/t17-,31?/m1/s1. The van der Waals surface area contributed by atoms with Crippen molar-refractivity contribution in [1.29, 1.82) is 0 Å². The molecule has 0 aromatic heterocycles. The first-order valence-electron chi connectivity index (χ1n) is 9.70. The second-order valence-electron chi connectivity index (χ2n) is 7.48. The van der Waals surface area contributed by atoms with Crippen LogP contribution in [0.1, 0.15) is 26.3 Å². The van der Waals surface area contributed by atoms with Gasteiger partial charge in [0, 0.05) is 6.54 Å². The van der Waals surface area contributed by atoms with Crippen molar-refractivity contribution in [3.63, 3.8) is 0 Å². The van der Waals surface area contributed by atoms with E-state index in [0.717, 1.165) is 12.7 Å². The average Bonchev–Trinajstić information content (AvgIpc) is 2.71. The van der Waals surface area contributed by atoms with Crippen LogP contribution < -0.4 is 5.32 Å². The summed E-state index contributed by atoms with van der Waals surface area (Å²) in [5.74, 6) is -0.814. The highest BCUT2D eigenvalue weighted by Gasteiger charge is 2.31. The van der Waals surface area contributed by atoms with E-state index in [0.29, 0.717) is 0 Å². The van der Waals surface area contributed by atoms with Gasteiger partial charge < -0.3 is 28.6 Å². The molecule has 1 N–H and O–H groups in total. The lowest BCUT2D eigenvalue weighted by molar-refractivity contribution is -0.137. The quantitative estimate of drug-likeness (QED) is 0.269. The Morgan fingerprint density at radius 3 is 2.42 bits per heavy atom. The maximum Gasteiger partial charge on any atom is 0.407 e. The fourth-order valence-corrected chi connectivity index (χ4v) is 3.59. The van der Waals surface area contributed by atoms with Gasteiger partial charge in [0.15, 0.2) is 0 Å². The predicted molar refractivity (Wildman–Crippen MR) is 112 cm³/mol. The number of carbonyl (C=O) groups is 2. The highest BCUT2D eigenvalue weighted by Crippen LogP contribution is 2.48. The van der Waals surface area contributed by atoms with Crippen molar-refractivity contribution in [3.05, 3.63) is 35.9 Å². The second-order valence-corrected chi connectivity index (χ2v) is 9.53. The Labute approximate surface area is 182 Å². The number of hydrogen-bond donors (Lipinski definition) is 1. The van der Waals surface area contributed by atoms with Crippen molar-refractivity contribution in [2.24, 2.45) is 0 Å². The van der Waals surface area contributed by atoms with Crippen LogP contribution in [-0.2, 0) is 39.2 Å². The van der Waals surface area contributed by atoms with E-state index in [2.05, 4.69) is 10.1 Å². The highest BCUT2D eigenvalue weighted by atomic mass is 31.2. The summed E-state index contributed by atoms with van der Waals surface area (Å²) in [4.78, 5) is 23.2. The van der Waals surface area contributed by atoms with Crippen LogP contribution in [0.5, 0.6) is 0 Å². The zero-order chi connectivity index (χ0) is 23.3. The van der Waals surface area contributed by atoms with Gasteiger partial charge >= 0.3 is 19.7 Å². The summed E-state index contributed by atoms with van der Waals surface area (Å²) >= 11 is 0. The maximum atomic E-state index is 13.3. The van der Waals surface area contributed by atoms with Crippen LogP contribution in [0.4, 0.5) is 9.18 Å². The first-order chi connectivity index (χ1) is 14.6. The van der Waals surface area contributed by atoms with Crippen LogP contribution >= 0.6 is 7.60 Å². The molecule has 9 nitrogen and oxygen atoms in total. The lowest BCUT2D eigenvalue weighted by Crippen LogP contribution is -2.34. The summed E-state index contributed by atoms with van der Waals surface area (Å²) in [6.07, 6.45) is -2.34. The van der Waals surface area contributed by atoms with Gasteiger partial charge in [0.05, 0.1) is 26.9 Å². The number of ether oxygens (including phenoxy) is 3. The molecular weight excluding hydrogens is 432 g/mol. The number of amides is 1. The molecule has 0 aliphatic rings. The summed E-state index contributed by atoms with van der Waals surface area (Å²) in [6.45, 7) is 3.73. The number of methoxy groups -OCH3 is 1. The molecule has 11 heteroatoms. The molecule has 0 bridgehead atoms. The number of nitrogens with one attached hydrogen (secondary N) is 1. The van der Waals surface area contributed by atoms with Gasteiger partial charge in [-0.3, -0.25) is 9.36 Å². The van der Waals surface area contributed by atoms with Crippen LogP contribution in [0.25, 0.3) is 0 Å². The Kier molecular flexibility index (Phi) is 11.7. The van der Waals surface area contributed by atoms with E-state index in [1.165, 1.54) is 0 Å². The number of esters is 1. The molecule has 0 aliphatic carbocycles. The maximum absolute atomic E-state index is 13.3. The van der Waals surface area contributed by atoms with E-state index in [9.17, 15) is 18.5 Å². The number of alkyl halides is 1. The third kappa shape index (κ3) is 12.4. The lowest BCUT2D eigenvalue weighted by Gasteiger charge is -2.22. The zero-order valence-electron chi connectivity index (χ0n) is 18.3. The molecule has 0 saturated heterocycles. The van der Waals surface area contributed by atoms with Gasteiger partial charge in [-0.25, -0.2) is 9.18 Å². The van der Waals surface area contributed by atoms with Gasteiger partial charge in [0.25, 0.3) is 0 Å². The van der Waals surface area contributed by atoms with Crippen molar-refractivity contribution in [2.45, 2.75) is 39.1 Å². The van der Waals surface area contributed by atoms with Crippen LogP contribution in [0.2, 0.25) is 0 Å². The van der Waals surface area contributed by atoms with Gasteiger partial charge in [-0.05, 0) is 26.3 Å². The minimum absolute atomic E-state index is 0.0412. The molecule has 1 rings (SSSR count). The third-order valence-corrected chi connectivity index (χ3v) is 5.33. The lowest BCUT2D eigenvalue weighted by atomic mass is 10.2. The number of carbonyl (C=O) groups excluding carboxylic acids is 2. The first kappa shape index (κ1) is 27.0. The fourth-order valence-electron chi connectivity index (χ4n) is 2.13. The van der Waals surface area contributed by atoms with Crippen molar-refractivity contribution in [2.75, 3.05) is 39.7 Å². The molecule has 1 unspecified atom stereocenters. The summed E-state index contributed by atoms with van der Waals surface area (Å²) in [7, 11) is -2.84. The summed E-state index contributed by atoms with van der Waals surface area (Å²) in [5.41, 5.74) is 0.165. The van der Waals surface area contributed by atoms with Crippen molar-refractivity contribution in [1.82, 2.24) is 5.32 Å². The molecule has 1 amide bonds. The van der Waals surface area contributed by atoms with Gasteiger partial charge in [-0.1, -0.05) is 30.3 Å². The van der Waals surface area contributed by atoms with E-state index in [1.807, 2.05) is 30.3 Å². The molecule has 31 heavy (non-hydrogen) atoms. The van der Waals surface area contributed by atoms with E-state index >= 15 is 0 Å². The Morgan fingerprint density at radius 2 is 1.84 bits per heavy atom. The SMILES string of the molecule is COC(=O)CP(=O)(OCCNC(=O)OC(C)(C)C)OC[C@@H](CF)OCc1ccccc1. The summed E-state index contributed by atoms with van der Waals surface area (Å²) in [6, 6.07) is 9.13. The van der Waals surface area contributed by atoms with Crippen LogP contribution in [0, 0.1) is 0 Å². The normalized spacial score (nSPS) is 14.4. The molecular formula is C20H31FNO8P. The molecule has 0 radical (unpaired) electrons. The first-order valence-corrected chi connectivity index (χ1v) is 11.4. The molecule has 0 spiro atoms. The summed E-state index contributed by atoms with van der Waals surface area (Å²) in [5, 5.41) is 2.43. The molecule has 1 aromatic rings. The average molecular weight is 463 g/mol. The molecule has 0 fully saturated rings. The monoisotopic (exact) mass is 463 g/mol. The van der Waals surface area contributed by atoms with Gasteiger partial charge in [0.1, 0.15) is 24.5 Å². The van der Waals surface area contributed by atoms with Crippen molar-refractivity contribution < 1.29 is 41.8 Å². The molecule has 1 aromatic carbocycles. The minimum atomic E-state index is -3.97. The second kappa shape index (κ2) is 13.4. The number of benzene rings is 1. The molecule has 0 heterocycles. The predicted octanol–water partition coefficient (Wildman–Crippen LogP) is 3.47. The molecule has 0 aliphatic heterocycles. The number of alkyl carbamates (subject to hydrolysis) is 1. The molecule has 0 saturated carbocycles. The van der Waals surface area contributed by atoms with Gasteiger partial charge in [-0.15, -0.1) is 0 Å². The summed E-state index contributed by atoms with van der Waals surface area (Å²) < 4.78 is 51.7. The highest BCUT2D eigenvalue weighted by molar-refractivity contribution is 7.54. The van der Waals surface area contributed by atoms with Gasteiger partial charge in [-0.2, -0.15) is 0 Å². The van der Waals surface area contributed by atoms with Crippen molar-refractivity contribution >= 4 is 19.7 Å². The largest absolute Gasteiger partial charge is 0.469 e. The Bertz CT molecular complexity index is 726. The third-order valence-electron chi connectivity index (χ3n) is 3.57. The van der Waals surface area contributed by atoms with Crippen LogP contribution in [-0.4, -0.2) is 63.5 Å². The van der Waals surface area contributed by atoms with E-state index in [4.69, 9.17) is 18.5 Å². The van der Waals surface area contributed by atoms with Crippen molar-refractivity contribution in [3.8, 4) is 0 Å². The minimum Gasteiger partial charge on any atom is -0.469 e. The topological polar surface area (TPSA) is 109 Å². The number of rotatable bonds is 13. The Hall–Kier alpha value is -2.00. The Balaban J connectivity index is 2.55. The fraction of sp³-hybridized carbons (Fsp3) is 0.600. The molecule has 176 valence electrons. The number of hydrogen-bond acceptors (Lipinski definition) is 8. The van der Waals surface area contributed by atoms with Gasteiger partial charge in [0.2, 0.25) is 0 Å². The Morgan fingerprint density at radius 1 is 1.16 bits per heavy atom. The van der Waals surface area contributed by atoms with E-state index < -0.39 is 50.8 Å². The smallest absolute Gasteiger partial charge is 0.407 e. The zero-order valence-corrected chi connectivity index (χ0v) is 19.2. The van der Waals surface area contributed by atoms with Crippen LogP contribution in [0.3, 0.4) is 0 Å². The van der Waals surface area contributed by atoms with E-state index in [1.54, 1.807) is 20.8 Å². The van der Waals surface area contributed by atoms with E-state index in [-0.39, 0.29) is 19.8 Å². The van der Waals surface area contributed by atoms with Crippen LogP contribution in [0.15, 0.2) is 30.3 Å². The number of halogens is 1.